The molecule has 2 rings (SSSR count). The first-order chi connectivity index (χ1) is 6.16. The predicted octanol–water partition coefficient (Wildman–Crippen LogP) is -2.06. The van der Waals surface area contributed by atoms with E-state index >= 15 is 0 Å². The van der Waals surface area contributed by atoms with Crippen LogP contribution in [0.2, 0.25) is 0 Å². The van der Waals surface area contributed by atoms with E-state index in [2.05, 4.69) is 32.6 Å². The second-order valence-corrected chi connectivity index (χ2v) is 3.84. The van der Waals surface area contributed by atoms with Gasteiger partial charge in [0.1, 0.15) is 0 Å². The number of aromatic nitrogens is 2. The maximum Gasteiger partial charge on any atom is 1.00 e. The summed E-state index contributed by atoms with van der Waals surface area (Å²) in [6.07, 6.45) is 0. The van der Waals surface area contributed by atoms with Gasteiger partial charge in [0.15, 0.2) is 0 Å². The Bertz CT molecular complexity index is 581. The standard InChI is InChI=1S/C8H5IN2O2.Na.H/c9-4-1-2-6-5(3-4)7(12)11-8(13)10-6;;/h1-3H,(H2,10,11,12,13);;/q;+1;-1. The van der Waals surface area contributed by atoms with Crippen LogP contribution in [0.3, 0.4) is 0 Å². The summed E-state index contributed by atoms with van der Waals surface area (Å²) in [5.41, 5.74) is -0.259. The third kappa shape index (κ3) is 2.28. The molecule has 6 heteroatoms. The smallest absolute Gasteiger partial charge is 1.00 e. The molecule has 0 aliphatic carbocycles. The van der Waals surface area contributed by atoms with Crippen molar-refractivity contribution in [2.75, 3.05) is 0 Å². The SMILES string of the molecule is O=c1[nH]c(=O)c2cc(I)ccc2[nH]1.[H-].[Na+]. The zero-order valence-electron chi connectivity index (χ0n) is 8.43. The first-order valence-electron chi connectivity index (χ1n) is 3.59. The number of rotatable bonds is 0. The molecule has 0 bridgehead atoms. The topological polar surface area (TPSA) is 65.7 Å². The molecule has 68 valence electrons. The molecule has 1 aromatic heterocycles. The molecule has 0 atom stereocenters. The number of H-pyrrole nitrogens is 2. The van der Waals surface area contributed by atoms with Crippen molar-refractivity contribution in [3.8, 4) is 0 Å². The van der Waals surface area contributed by atoms with Crippen LogP contribution in [0.4, 0.5) is 0 Å². The summed E-state index contributed by atoms with van der Waals surface area (Å²) in [6.45, 7) is 0. The van der Waals surface area contributed by atoms with Crippen LogP contribution in [0.1, 0.15) is 1.43 Å². The minimum Gasteiger partial charge on any atom is -1.00 e. The molecule has 2 aromatic rings. The molecular weight excluding hydrogens is 306 g/mol. The van der Waals surface area contributed by atoms with Gasteiger partial charge in [0.25, 0.3) is 5.56 Å². The van der Waals surface area contributed by atoms with Crippen molar-refractivity contribution < 1.29 is 31.0 Å². The molecule has 0 aliphatic rings. The molecule has 0 saturated carbocycles. The summed E-state index contributed by atoms with van der Waals surface area (Å²) >= 11 is 2.11. The largest absolute Gasteiger partial charge is 1.00 e. The fraction of sp³-hybridized carbons (Fsp3) is 0. The van der Waals surface area contributed by atoms with E-state index in [1.165, 1.54) is 0 Å². The predicted molar refractivity (Wildman–Crippen MR) is 59.0 cm³/mol. The summed E-state index contributed by atoms with van der Waals surface area (Å²) in [5, 5.41) is 0.506. The van der Waals surface area contributed by atoms with Gasteiger partial charge in [0.05, 0.1) is 10.9 Å². The van der Waals surface area contributed by atoms with Crippen molar-refractivity contribution in [1.82, 2.24) is 9.97 Å². The summed E-state index contributed by atoms with van der Waals surface area (Å²) < 4.78 is 0.961. The molecule has 0 aliphatic heterocycles. The van der Waals surface area contributed by atoms with Crippen LogP contribution >= 0.6 is 22.6 Å². The number of hydrogen-bond donors (Lipinski definition) is 2. The molecule has 14 heavy (non-hydrogen) atoms. The second-order valence-electron chi connectivity index (χ2n) is 2.60. The Morgan fingerprint density at radius 3 is 2.64 bits per heavy atom. The molecule has 0 spiro atoms. The number of aromatic amines is 2. The minimum absolute atomic E-state index is 0. The van der Waals surface area contributed by atoms with Crippen molar-refractivity contribution >= 4 is 33.5 Å². The van der Waals surface area contributed by atoms with Gasteiger partial charge in [-0.1, -0.05) is 0 Å². The van der Waals surface area contributed by atoms with E-state index in [4.69, 9.17) is 0 Å². The third-order valence-electron chi connectivity index (χ3n) is 1.70. The van der Waals surface area contributed by atoms with E-state index in [9.17, 15) is 9.59 Å². The van der Waals surface area contributed by atoms with E-state index in [1.807, 2.05) is 6.07 Å². The van der Waals surface area contributed by atoms with E-state index < -0.39 is 5.69 Å². The average Bonchev–Trinajstić information content (AvgIpc) is 2.06. The molecular formula is C8H6IN2NaO2. The van der Waals surface area contributed by atoms with Crippen molar-refractivity contribution in [1.29, 1.82) is 0 Å². The van der Waals surface area contributed by atoms with Crippen molar-refractivity contribution in [3.05, 3.63) is 42.6 Å². The third-order valence-corrected chi connectivity index (χ3v) is 2.37. The van der Waals surface area contributed by atoms with Crippen LogP contribution in [0.25, 0.3) is 10.9 Å². The molecule has 0 radical (unpaired) electrons. The molecule has 0 amide bonds. The zero-order valence-corrected chi connectivity index (χ0v) is 11.6. The fourth-order valence-corrected chi connectivity index (χ4v) is 1.63. The molecule has 0 fully saturated rings. The van der Waals surface area contributed by atoms with Crippen molar-refractivity contribution in [2.45, 2.75) is 0 Å². The van der Waals surface area contributed by atoms with Gasteiger partial charge in [0, 0.05) is 3.57 Å². The number of hydrogen-bond acceptors (Lipinski definition) is 2. The number of benzene rings is 1. The summed E-state index contributed by atoms with van der Waals surface area (Å²) in [5.74, 6) is 0. The van der Waals surface area contributed by atoms with Gasteiger partial charge in [-0.2, -0.15) is 0 Å². The summed E-state index contributed by atoms with van der Waals surface area (Å²) in [6, 6.07) is 5.27. The monoisotopic (exact) mass is 312 g/mol. The van der Waals surface area contributed by atoms with Gasteiger partial charge < -0.3 is 6.41 Å². The van der Waals surface area contributed by atoms with Gasteiger partial charge in [-0.3, -0.25) is 9.78 Å². The van der Waals surface area contributed by atoms with Crippen LogP contribution in [0.15, 0.2) is 27.8 Å². The van der Waals surface area contributed by atoms with Crippen LogP contribution < -0.4 is 40.8 Å². The Morgan fingerprint density at radius 2 is 1.93 bits per heavy atom. The van der Waals surface area contributed by atoms with Gasteiger partial charge in [-0.25, -0.2) is 4.79 Å². The quantitative estimate of drug-likeness (QED) is 0.434. The normalized spacial score (nSPS) is 9.79. The molecule has 1 heterocycles. The van der Waals surface area contributed by atoms with Crippen LogP contribution in [-0.2, 0) is 0 Å². The van der Waals surface area contributed by atoms with Gasteiger partial charge >= 0.3 is 35.2 Å². The zero-order chi connectivity index (χ0) is 9.42. The average molecular weight is 312 g/mol. The van der Waals surface area contributed by atoms with E-state index in [-0.39, 0.29) is 36.5 Å². The Labute approximate surface area is 116 Å². The molecule has 2 N–H and O–H groups in total. The summed E-state index contributed by atoms with van der Waals surface area (Å²) in [7, 11) is 0. The van der Waals surface area contributed by atoms with Gasteiger partial charge in [-0.15, -0.1) is 0 Å². The number of halogens is 1. The number of nitrogens with one attached hydrogen (secondary N) is 2. The van der Waals surface area contributed by atoms with Crippen LogP contribution in [0.5, 0.6) is 0 Å². The van der Waals surface area contributed by atoms with Gasteiger partial charge in [-0.05, 0) is 40.8 Å². The maximum absolute atomic E-state index is 11.3. The van der Waals surface area contributed by atoms with Gasteiger partial charge in [0.2, 0.25) is 0 Å². The summed E-state index contributed by atoms with van der Waals surface area (Å²) in [4.78, 5) is 26.9. The molecule has 0 unspecified atom stereocenters. The maximum atomic E-state index is 11.3. The van der Waals surface area contributed by atoms with Crippen molar-refractivity contribution in [2.24, 2.45) is 0 Å². The van der Waals surface area contributed by atoms with Crippen LogP contribution in [0, 0.1) is 3.57 Å². The van der Waals surface area contributed by atoms with E-state index in [0.29, 0.717) is 10.9 Å². The van der Waals surface area contributed by atoms with E-state index in [0.717, 1.165) is 3.57 Å². The Kier molecular flexibility index (Phi) is 3.94. The Hall–Kier alpha value is -0.110. The fourth-order valence-electron chi connectivity index (χ4n) is 1.14. The van der Waals surface area contributed by atoms with Crippen LogP contribution in [-0.4, -0.2) is 9.97 Å². The first-order valence-corrected chi connectivity index (χ1v) is 4.66. The number of fused-ring (bicyclic) bond motifs is 1. The molecule has 0 saturated heterocycles. The molecule has 4 nitrogen and oxygen atoms in total. The van der Waals surface area contributed by atoms with E-state index in [1.54, 1.807) is 12.1 Å². The first kappa shape index (κ1) is 12.0. The Balaban J connectivity index is 0.000000980. The second kappa shape index (κ2) is 4.61. The minimum atomic E-state index is -0.473. The van der Waals surface area contributed by atoms with Crippen molar-refractivity contribution in [3.63, 3.8) is 0 Å². The molecule has 1 aromatic carbocycles. The Morgan fingerprint density at radius 1 is 1.21 bits per heavy atom.